The molecule has 1 aromatic carbocycles. The minimum atomic E-state index is -0.0983. The number of nitrogens with zero attached hydrogens (tertiary/aromatic N) is 4. The van der Waals surface area contributed by atoms with Crippen LogP contribution < -0.4 is 5.32 Å². The van der Waals surface area contributed by atoms with Crippen molar-refractivity contribution in [3.63, 3.8) is 0 Å². The maximum Gasteiger partial charge on any atom is 0.270 e. The average molecular weight is 337 g/mol. The molecule has 0 radical (unpaired) electrons. The van der Waals surface area contributed by atoms with Gasteiger partial charge in [0, 0.05) is 19.5 Å². The van der Waals surface area contributed by atoms with E-state index in [1.54, 1.807) is 17.7 Å². The van der Waals surface area contributed by atoms with E-state index in [1.165, 1.54) is 5.56 Å². The van der Waals surface area contributed by atoms with E-state index in [1.807, 2.05) is 26.1 Å². The van der Waals surface area contributed by atoms with E-state index < -0.39 is 0 Å². The van der Waals surface area contributed by atoms with Crippen molar-refractivity contribution in [3.8, 4) is 11.4 Å². The molecule has 1 unspecified atom stereocenters. The second-order valence-electron chi connectivity index (χ2n) is 6.36. The molecule has 7 nitrogen and oxygen atoms in total. The minimum Gasteiger partial charge on any atom is -0.344 e. The van der Waals surface area contributed by atoms with E-state index in [-0.39, 0.29) is 11.9 Å². The summed E-state index contributed by atoms with van der Waals surface area (Å²) in [6.45, 7) is 3.65. The molecule has 128 valence electrons. The molecular formula is C18H19N5O2. The van der Waals surface area contributed by atoms with Crippen LogP contribution in [0.1, 0.15) is 45.8 Å². The van der Waals surface area contributed by atoms with E-state index in [9.17, 15) is 4.79 Å². The van der Waals surface area contributed by atoms with Gasteiger partial charge in [-0.3, -0.25) is 4.79 Å². The summed E-state index contributed by atoms with van der Waals surface area (Å²) < 4.78 is 6.85. The number of fused-ring (bicyclic) bond motifs is 1. The number of amides is 1. The monoisotopic (exact) mass is 337 g/mol. The summed E-state index contributed by atoms with van der Waals surface area (Å²) in [6.07, 6.45) is 3.41. The third kappa shape index (κ3) is 2.71. The van der Waals surface area contributed by atoms with Gasteiger partial charge in [0.15, 0.2) is 0 Å². The second-order valence-corrected chi connectivity index (χ2v) is 6.36. The number of hydrogen-bond donors (Lipinski definition) is 1. The van der Waals surface area contributed by atoms with E-state index in [0.717, 1.165) is 29.8 Å². The van der Waals surface area contributed by atoms with Crippen LogP contribution in [0.25, 0.3) is 11.4 Å². The van der Waals surface area contributed by atoms with Gasteiger partial charge in [-0.2, -0.15) is 4.98 Å². The Morgan fingerprint density at radius 3 is 2.88 bits per heavy atom. The minimum absolute atomic E-state index is 0.0127. The second kappa shape index (κ2) is 5.84. The number of aromatic nitrogens is 4. The number of hydrogen-bond acceptors (Lipinski definition) is 5. The van der Waals surface area contributed by atoms with Gasteiger partial charge in [-0.25, -0.2) is 4.98 Å². The molecule has 0 spiro atoms. The van der Waals surface area contributed by atoms with Crippen LogP contribution in [0.5, 0.6) is 0 Å². The third-order valence-corrected chi connectivity index (χ3v) is 4.76. The SMILES string of the molecule is Cc1nc(-c2ccc3c(c2)CCC3NC(=O)c2cnc(C)n2C)no1. The number of carbonyl (C=O) groups is 1. The van der Waals surface area contributed by atoms with E-state index >= 15 is 0 Å². The highest BCUT2D eigenvalue weighted by Gasteiger charge is 2.26. The molecule has 4 rings (SSSR count). The number of imidazole rings is 1. The Morgan fingerprint density at radius 1 is 1.36 bits per heavy atom. The summed E-state index contributed by atoms with van der Waals surface area (Å²) in [5.74, 6) is 1.86. The highest BCUT2D eigenvalue weighted by molar-refractivity contribution is 5.92. The molecule has 1 aliphatic carbocycles. The molecule has 3 aromatic rings. The lowest BCUT2D eigenvalue weighted by Crippen LogP contribution is -2.28. The first-order chi connectivity index (χ1) is 12.0. The Kier molecular flexibility index (Phi) is 3.63. The number of aryl methyl sites for hydroxylation is 3. The lowest BCUT2D eigenvalue weighted by Gasteiger charge is -2.14. The van der Waals surface area contributed by atoms with Crippen molar-refractivity contribution in [3.05, 3.63) is 52.9 Å². The largest absolute Gasteiger partial charge is 0.344 e. The molecule has 0 fully saturated rings. The van der Waals surface area contributed by atoms with Gasteiger partial charge < -0.3 is 14.4 Å². The number of rotatable bonds is 3. The zero-order chi connectivity index (χ0) is 17.6. The first-order valence-corrected chi connectivity index (χ1v) is 8.25. The van der Waals surface area contributed by atoms with Crippen LogP contribution in [0.3, 0.4) is 0 Å². The van der Waals surface area contributed by atoms with Crippen LogP contribution in [0.4, 0.5) is 0 Å². The Labute approximate surface area is 145 Å². The molecule has 0 bridgehead atoms. The highest BCUT2D eigenvalue weighted by Crippen LogP contribution is 2.33. The van der Waals surface area contributed by atoms with Crippen molar-refractivity contribution in [2.45, 2.75) is 32.7 Å². The van der Waals surface area contributed by atoms with Crippen LogP contribution in [-0.4, -0.2) is 25.6 Å². The Bertz CT molecular complexity index is 956. The number of benzene rings is 1. The van der Waals surface area contributed by atoms with Gasteiger partial charge in [0.1, 0.15) is 11.5 Å². The molecule has 1 aliphatic rings. The smallest absolute Gasteiger partial charge is 0.270 e. The van der Waals surface area contributed by atoms with Gasteiger partial charge in [0.2, 0.25) is 11.7 Å². The molecule has 1 N–H and O–H groups in total. The van der Waals surface area contributed by atoms with Crippen LogP contribution in [0.2, 0.25) is 0 Å². The van der Waals surface area contributed by atoms with Gasteiger partial charge in [-0.1, -0.05) is 17.3 Å². The summed E-state index contributed by atoms with van der Waals surface area (Å²) in [6, 6.07) is 6.11. The van der Waals surface area contributed by atoms with Gasteiger partial charge >= 0.3 is 0 Å². The summed E-state index contributed by atoms with van der Waals surface area (Å²) in [4.78, 5) is 21.0. The Balaban J connectivity index is 1.56. The lowest BCUT2D eigenvalue weighted by atomic mass is 10.0. The van der Waals surface area contributed by atoms with Crippen LogP contribution in [0.15, 0.2) is 28.9 Å². The summed E-state index contributed by atoms with van der Waals surface area (Å²) in [5, 5.41) is 7.08. The van der Waals surface area contributed by atoms with Gasteiger partial charge in [-0.15, -0.1) is 0 Å². The fraction of sp³-hybridized carbons (Fsp3) is 0.333. The average Bonchev–Trinajstić information content (AvgIpc) is 3.28. The molecule has 2 aromatic heterocycles. The maximum atomic E-state index is 12.5. The van der Waals surface area contributed by atoms with Crippen LogP contribution in [-0.2, 0) is 13.5 Å². The molecule has 2 heterocycles. The zero-order valence-electron chi connectivity index (χ0n) is 14.4. The molecule has 7 heteroatoms. The number of nitrogens with one attached hydrogen (secondary N) is 1. The van der Waals surface area contributed by atoms with Crippen molar-refractivity contribution < 1.29 is 9.32 Å². The molecule has 1 amide bonds. The first-order valence-electron chi connectivity index (χ1n) is 8.25. The van der Waals surface area contributed by atoms with Crippen molar-refractivity contribution in [2.24, 2.45) is 7.05 Å². The fourth-order valence-corrected chi connectivity index (χ4v) is 3.27. The van der Waals surface area contributed by atoms with Crippen molar-refractivity contribution in [1.82, 2.24) is 25.0 Å². The van der Waals surface area contributed by atoms with Crippen molar-refractivity contribution >= 4 is 5.91 Å². The molecule has 0 saturated heterocycles. The Morgan fingerprint density at radius 2 is 2.20 bits per heavy atom. The summed E-state index contributed by atoms with van der Waals surface area (Å²) >= 11 is 0. The first kappa shape index (κ1) is 15.6. The quantitative estimate of drug-likeness (QED) is 0.793. The molecule has 1 atom stereocenters. The molecular weight excluding hydrogens is 318 g/mol. The van der Waals surface area contributed by atoms with Crippen molar-refractivity contribution in [2.75, 3.05) is 0 Å². The van der Waals surface area contributed by atoms with Crippen LogP contribution >= 0.6 is 0 Å². The van der Waals surface area contributed by atoms with E-state index in [4.69, 9.17) is 4.52 Å². The van der Waals surface area contributed by atoms with Gasteiger partial charge in [-0.05, 0) is 37.0 Å². The molecule has 25 heavy (non-hydrogen) atoms. The third-order valence-electron chi connectivity index (χ3n) is 4.76. The number of carbonyl (C=O) groups excluding carboxylic acids is 1. The fourth-order valence-electron chi connectivity index (χ4n) is 3.27. The van der Waals surface area contributed by atoms with E-state index in [2.05, 4.69) is 26.5 Å². The van der Waals surface area contributed by atoms with E-state index in [0.29, 0.717) is 17.4 Å². The topological polar surface area (TPSA) is 85.8 Å². The lowest BCUT2D eigenvalue weighted by molar-refractivity contribution is 0.0928. The predicted octanol–water partition coefficient (Wildman–Crippen LogP) is 2.50. The van der Waals surface area contributed by atoms with Gasteiger partial charge in [0.25, 0.3) is 5.91 Å². The Hall–Kier alpha value is -2.96. The normalized spacial score (nSPS) is 16.0. The predicted molar refractivity (Wildman–Crippen MR) is 90.9 cm³/mol. The standard InChI is InChI=1S/C18H19N5O2/c1-10-19-9-16(23(10)3)18(24)21-15-7-5-12-8-13(4-6-14(12)15)17-20-11(2)25-22-17/h4,6,8-9,15H,5,7H2,1-3H3,(H,21,24). The highest BCUT2D eigenvalue weighted by atomic mass is 16.5. The summed E-state index contributed by atoms with van der Waals surface area (Å²) in [5.41, 5.74) is 3.87. The molecule has 0 saturated carbocycles. The van der Waals surface area contributed by atoms with Gasteiger partial charge in [0.05, 0.1) is 12.2 Å². The van der Waals surface area contributed by atoms with Crippen LogP contribution in [0, 0.1) is 13.8 Å². The zero-order valence-corrected chi connectivity index (χ0v) is 14.4. The summed E-state index contributed by atoms with van der Waals surface area (Å²) in [7, 11) is 1.85. The maximum absolute atomic E-state index is 12.5. The van der Waals surface area contributed by atoms with Crippen molar-refractivity contribution in [1.29, 1.82) is 0 Å². The molecule has 0 aliphatic heterocycles.